The van der Waals surface area contributed by atoms with Crippen molar-refractivity contribution >= 4 is 5.91 Å². The van der Waals surface area contributed by atoms with Crippen LogP contribution >= 0.6 is 0 Å². The molecule has 3 rings (SSSR count). The van der Waals surface area contributed by atoms with Gasteiger partial charge in [0.05, 0.1) is 12.6 Å². The van der Waals surface area contributed by atoms with Gasteiger partial charge in [-0.3, -0.25) is 10.1 Å². The average Bonchev–Trinajstić information content (AvgIpc) is 2.48. The van der Waals surface area contributed by atoms with E-state index in [1.807, 2.05) is 24.3 Å². The number of halogens is 1. The van der Waals surface area contributed by atoms with Gasteiger partial charge in [-0.2, -0.15) is 0 Å². The zero-order chi connectivity index (χ0) is 15.7. The first-order chi connectivity index (χ1) is 10.6. The Morgan fingerprint density at radius 3 is 2.45 bits per heavy atom. The second kappa shape index (κ2) is 5.87. The lowest BCUT2D eigenvalue weighted by molar-refractivity contribution is -0.123. The molecule has 1 amide bonds. The summed E-state index contributed by atoms with van der Waals surface area (Å²) in [6.07, 6.45) is 0. The van der Waals surface area contributed by atoms with Gasteiger partial charge in [-0.05, 0) is 17.2 Å². The number of aliphatic hydroxyl groups excluding tert-OH is 1. The normalized spacial score (nSPS) is 23.8. The van der Waals surface area contributed by atoms with Crippen molar-refractivity contribution in [2.45, 2.75) is 18.0 Å². The van der Waals surface area contributed by atoms with E-state index in [9.17, 15) is 14.3 Å². The van der Waals surface area contributed by atoms with Gasteiger partial charge in [-0.1, -0.05) is 42.5 Å². The summed E-state index contributed by atoms with van der Waals surface area (Å²) >= 11 is 0. The van der Waals surface area contributed by atoms with Crippen LogP contribution in [0.2, 0.25) is 0 Å². The van der Waals surface area contributed by atoms with E-state index >= 15 is 0 Å². The molecule has 0 aromatic heterocycles. The number of rotatable bonds is 4. The highest BCUT2D eigenvalue weighted by molar-refractivity contribution is 5.83. The first-order valence-corrected chi connectivity index (χ1v) is 7.13. The third kappa shape index (κ3) is 2.49. The fraction of sp³-hybridized carbons (Fsp3) is 0.235. The van der Waals surface area contributed by atoms with Crippen molar-refractivity contribution in [2.75, 3.05) is 6.61 Å². The SMILES string of the molecule is NC(=O)[C@@H]1N[C@@H](CO)[C@H]1c1ccc(-c2ccccc2F)cc1. The standard InChI is InChI=1S/C17H17FN2O2/c18-13-4-2-1-3-12(13)10-5-7-11(8-6-10)15-14(9-21)20-16(15)17(19)22/h1-8,14-16,20-21H,9H2,(H2,19,22)/t14-,15+,16+/m0/s1. The van der Waals surface area contributed by atoms with E-state index in [1.54, 1.807) is 18.2 Å². The van der Waals surface area contributed by atoms with Crippen molar-refractivity contribution in [3.05, 3.63) is 59.9 Å². The number of nitrogens with two attached hydrogens (primary N) is 1. The number of hydrogen-bond acceptors (Lipinski definition) is 3. The number of carbonyl (C=O) groups is 1. The minimum absolute atomic E-state index is 0.0660. The number of nitrogens with one attached hydrogen (secondary N) is 1. The molecule has 1 saturated heterocycles. The summed E-state index contributed by atoms with van der Waals surface area (Å²) in [6.45, 7) is -0.0660. The summed E-state index contributed by atoms with van der Waals surface area (Å²) in [5.41, 5.74) is 7.56. The smallest absolute Gasteiger partial charge is 0.235 e. The number of aliphatic hydroxyl groups is 1. The largest absolute Gasteiger partial charge is 0.395 e. The molecule has 2 aromatic rings. The summed E-state index contributed by atoms with van der Waals surface area (Å²) in [5, 5.41) is 12.3. The van der Waals surface area contributed by atoms with Crippen LogP contribution in [0.5, 0.6) is 0 Å². The molecule has 0 unspecified atom stereocenters. The molecule has 1 heterocycles. The van der Waals surface area contributed by atoms with E-state index in [-0.39, 0.29) is 24.4 Å². The Kier molecular flexibility index (Phi) is 3.92. The molecule has 0 radical (unpaired) electrons. The third-order valence-electron chi connectivity index (χ3n) is 4.17. The lowest BCUT2D eigenvalue weighted by Gasteiger charge is -2.44. The minimum Gasteiger partial charge on any atom is -0.395 e. The molecule has 4 nitrogen and oxygen atoms in total. The summed E-state index contributed by atoms with van der Waals surface area (Å²) in [4.78, 5) is 11.4. The van der Waals surface area contributed by atoms with Gasteiger partial charge in [0.25, 0.3) is 0 Å². The van der Waals surface area contributed by atoms with Gasteiger partial charge < -0.3 is 10.8 Å². The second-order valence-corrected chi connectivity index (χ2v) is 5.46. The first kappa shape index (κ1) is 14.7. The van der Waals surface area contributed by atoms with Crippen molar-refractivity contribution in [2.24, 2.45) is 5.73 Å². The lowest BCUT2D eigenvalue weighted by Crippen LogP contribution is -2.66. The van der Waals surface area contributed by atoms with E-state index in [1.165, 1.54) is 6.07 Å². The molecule has 114 valence electrons. The fourth-order valence-electron chi connectivity index (χ4n) is 2.98. The lowest BCUT2D eigenvalue weighted by atomic mass is 9.77. The molecule has 1 fully saturated rings. The predicted molar refractivity (Wildman–Crippen MR) is 81.6 cm³/mol. The number of amides is 1. The molecule has 1 aliphatic rings. The molecule has 4 N–H and O–H groups in total. The zero-order valence-electron chi connectivity index (χ0n) is 11.9. The number of benzene rings is 2. The van der Waals surface area contributed by atoms with E-state index in [0.29, 0.717) is 5.56 Å². The number of primary amides is 1. The molecule has 22 heavy (non-hydrogen) atoms. The van der Waals surface area contributed by atoms with Crippen LogP contribution in [-0.4, -0.2) is 29.7 Å². The summed E-state index contributed by atoms with van der Waals surface area (Å²) in [6, 6.07) is 13.3. The van der Waals surface area contributed by atoms with Crippen molar-refractivity contribution in [3.8, 4) is 11.1 Å². The monoisotopic (exact) mass is 300 g/mol. The van der Waals surface area contributed by atoms with Crippen LogP contribution < -0.4 is 11.1 Å². The first-order valence-electron chi connectivity index (χ1n) is 7.13. The van der Waals surface area contributed by atoms with Gasteiger partial charge in [-0.15, -0.1) is 0 Å². The van der Waals surface area contributed by atoms with Crippen LogP contribution in [0.25, 0.3) is 11.1 Å². The van der Waals surface area contributed by atoms with E-state index < -0.39 is 11.9 Å². The zero-order valence-corrected chi connectivity index (χ0v) is 11.9. The molecule has 0 bridgehead atoms. The van der Waals surface area contributed by atoms with E-state index in [0.717, 1.165) is 11.1 Å². The van der Waals surface area contributed by atoms with Crippen LogP contribution in [0.4, 0.5) is 4.39 Å². The Balaban J connectivity index is 1.88. The molecule has 5 heteroatoms. The molecule has 1 aliphatic heterocycles. The molecular formula is C17H17FN2O2. The van der Waals surface area contributed by atoms with Crippen molar-refractivity contribution in [3.63, 3.8) is 0 Å². The van der Waals surface area contributed by atoms with E-state index in [4.69, 9.17) is 5.73 Å². The quantitative estimate of drug-likeness (QED) is 0.799. The third-order valence-corrected chi connectivity index (χ3v) is 4.17. The van der Waals surface area contributed by atoms with Crippen LogP contribution in [0.1, 0.15) is 11.5 Å². The maximum absolute atomic E-state index is 13.8. The Labute approximate surface area is 127 Å². The van der Waals surface area contributed by atoms with Crippen molar-refractivity contribution < 1.29 is 14.3 Å². The van der Waals surface area contributed by atoms with Crippen LogP contribution in [0.3, 0.4) is 0 Å². The van der Waals surface area contributed by atoms with Gasteiger partial charge >= 0.3 is 0 Å². The maximum atomic E-state index is 13.8. The van der Waals surface area contributed by atoms with Crippen molar-refractivity contribution in [1.82, 2.24) is 5.32 Å². The fourth-order valence-corrected chi connectivity index (χ4v) is 2.98. The molecular weight excluding hydrogens is 283 g/mol. The summed E-state index contributed by atoms with van der Waals surface area (Å²) in [7, 11) is 0. The van der Waals surface area contributed by atoms with Crippen LogP contribution in [-0.2, 0) is 4.79 Å². The molecule has 0 spiro atoms. The van der Waals surface area contributed by atoms with Gasteiger partial charge in [0.15, 0.2) is 0 Å². The topological polar surface area (TPSA) is 75.4 Å². The Bertz CT molecular complexity index is 687. The Morgan fingerprint density at radius 2 is 1.86 bits per heavy atom. The van der Waals surface area contributed by atoms with Crippen molar-refractivity contribution in [1.29, 1.82) is 0 Å². The summed E-state index contributed by atoms with van der Waals surface area (Å²) in [5.74, 6) is -0.867. The van der Waals surface area contributed by atoms with Gasteiger partial charge in [0.2, 0.25) is 5.91 Å². The molecule has 2 aromatic carbocycles. The Morgan fingerprint density at radius 1 is 1.18 bits per heavy atom. The average molecular weight is 300 g/mol. The Hall–Kier alpha value is -2.24. The molecule has 3 atom stereocenters. The number of carbonyl (C=O) groups excluding carboxylic acids is 1. The highest BCUT2D eigenvalue weighted by Gasteiger charge is 2.44. The highest BCUT2D eigenvalue weighted by Crippen LogP contribution is 2.33. The summed E-state index contributed by atoms with van der Waals surface area (Å²) < 4.78 is 13.8. The van der Waals surface area contributed by atoms with Gasteiger partial charge in [0.1, 0.15) is 5.82 Å². The predicted octanol–water partition coefficient (Wildman–Crippen LogP) is 1.39. The van der Waals surface area contributed by atoms with Crippen LogP contribution in [0, 0.1) is 5.82 Å². The maximum Gasteiger partial charge on any atom is 0.235 e. The van der Waals surface area contributed by atoms with E-state index in [2.05, 4.69) is 5.32 Å². The number of hydrogen-bond donors (Lipinski definition) is 3. The molecule has 0 aliphatic carbocycles. The minimum atomic E-state index is -0.475. The second-order valence-electron chi connectivity index (χ2n) is 5.46. The molecule has 0 saturated carbocycles. The highest BCUT2D eigenvalue weighted by atomic mass is 19.1. The van der Waals surface area contributed by atoms with Crippen LogP contribution in [0.15, 0.2) is 48.5 Å². The van der Waals surface area contributed by atoms with Gasteiger partial charge in [-0.25, -0.2) is 4.39 Å². The van der Waals surface area contributed by atoms with Gasteiger partial charge in [0, 0.05) is 17.5 Å².